The average Bonchev–Trinajstić information content (AvgIpc) is 3.20. The molecule has 0 unspecified atom stereocenters. The normalized spacial score (nSPS) is 12.6. The molecule has 0 bridgehead atoms. The van der Waals surface area contributed by atoms with Gasteiger partial charge in [0.2, 0.25) is 5.91 Å². The van der Waals surface area contributed by atoms with Crippen LogP contribution in [0.15, 0.2) is 52.7 Å². The summed E-state index contributed by atoms with van der Waals surface area (Å²) in [5, 5.41) is 7.64. The van der Waals surface area contributed by atoms with E-state index in [1.807, 2.05) is 36.6 Å². The Bertz CT molecular complexity index is 1130. The van der Waals surface area contributed by atoms with Gasteiger partial charge in [-0.15, -0.1) is 23.1 Å². The monoisotopic (exact) mass is 439 g/mol. The van der Waals surface area contributed by atoms with E-state index in [-0.39, 0.29) is 11.5 Å². The minimum atomic E-state index is -0.641. The maximum Gasteiger partial charge on any atom is 0.338 e. The fourth-order valence-corrected chi connectivity index (χ4v) is 4.29. The van der Waals surface area contributed by atoms with Gasteiger partial charge >= 0.3 is 5.97 Å². The zero-order valence-electron chi connectivity index (χ0n) is 15.9. The van der Waals surface area contributed by atoms with Crippen LogP contribution in [0.4, 0.5) is 10.8 Å². The summed E-state index contributed by atoms with van der Waals surface area (Å²) in [6.45, 7) is 1.58. The molecule has 30 heavy (non-hydrogen) atoms. The summed E-state index contributed by atoms with van der Waals surface area (Å²) in [5.74, 6) is -0.891. The molecule has 2 heterocycles. The zero-order chi connectivity index (χ0) is 21.1. The van der Waals surface area contributed by atoms with Crippen molar-refractivity contribution >= 4 is 51.7 Å². The number of thioether (sulfide) groups is 1. The molecular weight excluding hydrogens is 422 g/mol. The van der Waals surface area contributed by atoms with Crippen molar-refractivity contribution in [2.75, 3.05) is 23.0 Å². The van der Waals surface area contributed by atoms with E-state index in [2.05, 4.69) is 15.6 Å². The van der Waals surface area contributed by atoms with Gasteiger partial charge in [0.05, 0.1) is 22.7 Å². The first-order valence-corrected chi connectivity index (χ1v) is 10.9. The van der Waals surface area contributed by atoms with Crippen LogP contribution in [0, 0.1) is 6.92 Å². The van der Waals surface area contributed by atoms with Gasteiger partial charge in [-0.3, -0.25) is 14.9 Å². The second-order valence-corrected chi connectivity index (χ2v) is 8.45. The Hall–Kier alpha value is -3.17. The molecule has 0 aliphatic carbocycles. The van der Waals surface area contributed by atoms with Crippen LogP contribution in [-0.4, -0.2) is 35.1 Å². The number of hydrogen-bond donors (Lipinski definition) is 2. The van der Waals surface area contributed by atoms with Crippen molar-refractivity contribution in [3.8, 4) is 11.3 Å². The molecule has 2 aromatic carbocycles. The number of anilines is 2. The standard InChI is InChI=1S/C21H17N3O4S2/c1-12-2-4-13(5-3-12)16-10-30-21(23-16)24-18(25)9-28-20(27)14-6-7-17-15(8-14)22-19(26)11-29-17/h2-8,10H,9,11H2,1H3,(H,22,26)(H,23,24,25). The van der Waals surface area contributed by atoms with Gasteiger partial charge in [-0.1, -0.05) is 29.8 Å². The highest BCUT2D eigenvalue weighted by Crippen LogP contribution is 2.32. The van der Waals surface area contributed by atoms with Gasteiger partial charge in [0.25, 0.3) is 5.91 Å². The predicted octanol–water partition coefficient (Wildman–Crippen LogP) is 3.96. The molecule has 152 valence electrons. The molecule has 1 aliphatic heterocycles. The summed E-state index contributed by atoms with van der Waals surface area (Å²) in [6, 6.07) is 12.8. The Morgan fingerprint density at radius 3 is 2.80 bits per heavy atom. The first-order chi connectivity index (χ1) is 14.5. The largest absolute Gasteiger partial charge is 0.452 e. The van der Waals surface area contributed by atoms with Crippen molar-refractivity contribution in [2.24, 2.45) is 0 Å². The molecule has 0 fully saturated rings. The van der Waals surface area contributed by atoms with Crippen LogP contribution in [0.1, 0.15) is 15.9 Å². The molecule has 0 radical (unpaired) electrons. The molecule has 0 spiro atoms. The Labute approximate surface area is 180 Å². The smallest absolute Gasteiger partial charge is 0.338 e. The number of benzene rings is 2. The van der Waals surface area contributed by atoms with E-state index in [4.69, 9.17) is 4.74 Å². The maximum atomic E-state index is 12.3. The molecule has 0 atom stereocenters. The van der Waals surface area contributed by atoms with Crippen LogP contribution >= 0.6 is 23.1 Å². The number of hydrogen-bond acceptors (Lipinski definition) is 7. The third-order valence-corrected chi connectivity index (χ3v) is 6.11. The number of rotatable bonds is 5. The SMILES string of the molecule is Cc1ccc(-c2csc(NC(=O)COC(=O)c3ccc4c(c3)NC(=O)CS4)n2)cc1. The van der Waals surface area contributed by atoms with Crippen LogP contribution in [0.25, 0.3) is 11.3 Å². The third-order valence-electron chi connectivity index (χ3n) is 4.28. The fourth-order valence-electron chi connectivity index (χ4n) is 2.77. The molecule has 2 amide bonds. The first kappa shape index (κ1) is 20.1. The highest BCUT2D eigenvalue weighted by molar-refractivity contribution is 8.00. The zero-order valence-corrected chi connectivity index (χ0v) is 17.6. The number of fused-ring (bicyclic) bond motifs is 1. The highest BCUT2D eigenvalue weighted by atomic mass is 32.2. The number of amides is 2. The Morgan fingerprint density at radius 1 is 1.20 bits per heavy atom. The predicted molar refractivity (Wildman–Crippen MR) is 117 cm³/mol. The summed E-state index contributed by atoms with van der Waals surface area (Å²) in [7, 11) is 0. The van der Waals surface area contributed by atoms with Crippen molar-refractivity contribution < 1.29 is 19.1 Å². The number of aromatic nitrogens is 1. The summed E-state index contributed by atoms with van der Waals surface area (Å²) in [4.78, 5) is 41.2. The van der Waals surface area contributed by atoms with Gasteiger partial charge in [0.1, 0.15) is 0 Å². The molecular formula is C21H17N3O4S2. The highest BCUT2D eigenvalue weighted by Gasteiger charge is 2.18. The molecule has 9 heteroatoms. The molecule has 0 saturated carbocycles. The Kier molecular flexibility index (Phi) is 5.82. The lowest BCUT2D eigenvalue weighted by atomic mass is 10.1. The minimum Gasteiger partial charge on any atom is -0.452 e. The number of nitrogens with one attached hydrogen (secondary N) is 2. The fraction of sp³-hybridized carbons (Fsp3) is 0.143. The number of thiazole rings is 1. The van der Waals surface area contributed by atoms with Gasteiger partial charge in [-0.2, -0.15) is 0 Å². The van der Waals surface area contributed by atoms with Crippen LogP contribution in [0.2, 0.25) is 0 Å². The number of ether oxygens (including phenoxy) is 1. The topological polar surface area (TPSA) is 97.4 Å². The summed E-state index contributed by atoms with van der Waals surface area (Å²) in [5.41, 5.74) is 3.72. The lowest BCUT2D eigenvalue weighted by Crippen LogP contribution is -2.21. The van der Waals surface area contributed by atoms with Crippen LogP contribution < -0.4 is 10.6 Å². The molecule has 2 N–H and O–H groups in total. The second-order valence-electron chi connectivity index (χ2n) is 6.58. The number of carbonyl (C=O) groups excluding carboxylic acids is 3. The van der Waals surface area contributed by atoms with Crippen molar-refractivity contribution in [3.05, 3.63) is 59.0 Å². The van der Waals surface area contributed by atoms with E-state index in [9.17, 15) is 14.4 Å². The van der Waals surface area contributed by atoms with Gasteiger partial charge < -0.3 is 10.1 Å². The van der Waals surface area contributed by atoms with Crippen LogP contribution in [-0.2, 0) is 14.3 Å². The van der Waals surface area contributed by atoms with E-state index < -0.39 is 18.5 Å². The van der Waals surface area contributed by atoms with Crippen molar-refractivity contribution in [1.82, 2.24) is 4.98 Å². The quantitative estimate of drug-likeness (QED) is 0.584. The summed E-state index contributed by atoms with van der Waals surface area (Å²) < 4.78 is 5.09. The number of aryl methyl sites for hydroxylation is 1. The van der Waals surface area contributed by atoms with E-state index in [0.29, 0.717) is 16.6 Å². The van der Waals surface area contributed by atoms with Crippen LogP contribution in [0.3, 0.4) is 0 Å². The van der Waals surface area contributed by atoms with E-state index in [0.717, 1.165) is 21.7 Å². The molecule has 4 rings (SSSR count). The number of carbonyl (C=O) groups is 3. The van der Waals surface area contributed by atoms with Gasteiger partial charge in [-0.25, -0.2) is 9.78 Å². The van der Waals surface area contributed by atoms with Gasteiger partial charge in [0.15, 0.2) is 11.7 Å². The van der Waals surface area contributed by atoms with Crippen molar-refractivity contribution in [2.45, 2.75) is 11.8 Å². The van der Waals surface area contributed by atoms with E-state index in [1.54, 1.807) is 18.2 Å². The molecule has 0 saturated heterocycles. The molecule has 1 aromatic heterocycles. The molecule has 1 aliphatic rings. The number of esters is 1. The Balaban J connectivity index is 1.33. The second kappa shape index (κ2) is 8.68. The van der Waals surface area contributed by atoms with Crippen molar-refractivity contribution in [1.29, 1.82) is 0 Å². The van der Waals surface area contributed by atoms with Gasteiger partial charge in [0, 0.05) is 15.8 Å². The summed E-state index contributed by atoms with van der Waals surface area (Å²) in [6.07, 6.45) is 0. The first-order valence-electron chi connectivity index (χ1n) is 9.04. The van der Waals surface area contributed by atoms with Crippen LogP contribution in [0.5, 0.6) is 0 Å². The average molecular weight is 440 g/mol. The third kappa shape index (κ3) is 4.69. The molecule has 7 nitrogen and oxygen atoms in total. The number of nitrogens with zero attached hydrogens (tertiary/aromatic N) is 1. The molecule has 3 aromatic rings. The summed E-state index contributed by atoms with van der Waals surface area (Å²) >= 11 is 2.70. The lowest BCUT2D eigenvalue weighted by Gasteiger charge is -2.16. The van der Waals surface area contributed by atoms with E-state index in [1.165, 1.54) is 23.1 Å². The van der Waals surface area contributed by atoms with E-state index >= 15 is 0 Å². The Morgan fingerprint density at radius 2 is 2.00 bits per heavy atom. The van der Waals surface area contributed by atoms with Gasteiger partial charge in [-0.05, 0) is 25.1 Å². The van der Waals surface area contributed by atoms with Crippen molar-refractivity contribution in [3.63, 3.8) is 0 Å². The lowest BCUT2D eigenvalue weighted by molar-refractivity contribution is -0.119. The maximum absolute atomic E-state index is 12.3. The minimum absolute atomic E-state index is 0.120.